The van der Waals surface area contributed by atoms with Crippen molar-refractivity contribution in [2.45, 2.75) is 32.1 Å². The third-order valence-electron chi connectivity index (χ3n) is 5.49. The van der Waals surface area contributed by atoms with E-state index < -0.39 is 11.3 Å². The fourth-order valence-electron chi connectivity index (χ4n) is 3.90. The zero-order valence-electron chi connectivity index (χ0n) is 15.2. The summed E-state index contributed by atoms with van der Waals surface area (Å²) in [7, 11) is 0. The first-order valence-electron chi connectivity index (χ1n) is 8.81. The second-order valence-corrected chi connectivity index (χ2v) is 7.03. The Morgan fingerprint density at radius 3 is 2.74 bits per heavy atom. The van der Waals surface area contributed by atoms with Crippen molar-refractivity contribution < 1.29 is 10.0 Å². The van der Waals surface area contributed by atoms with Gasteiger partial charge < -0.3 is 0 Å². The maximum atomic E-state index is 12.8. The lowest BCUT2D eigenvalue weighted by Gasteiger charge is -2.29. The molecule has 136 valence electrons. The van der Waals surface area contributed by atoms with Crippen LogP contribution in [0.1, 0.15) is 27.9 Å². The lowest BCUT2D eigenvalue weighted by molar-refractivity contribution is -0.135. The minimum Gasteiger partial charge on any atom is -0.289 e. The summed E-state index contributed by atoms with van der Waals surface area (Å²) in [4.78, 5) is 26.1. The van der Waals surface area contributed by atoms with Gasteiger partial charge in [-0.25, -0.2) is 15.4 Å². The van der Waals surface area contributed by atoms with Crippen molar-refractivity contribution in [1.29, 1.82) is 0 Å². The van der Waals surface area contributed by atoms with E-state index in [1.54, 1.807) is 18.6 Å². The molecule has 0 fully saturated rings. The molecule has 2 N–H and O–H groups in total. The Labute approximate surface area is 157 Å². The molecular weight excluding hydrogens is 340 g/mol. The van der Waals surface area contributed by atoms with E-state index in [4.69, 9.17) is 4.98 Å². The number of hydrogen-bond acceptors (Lipinski definition) is 5. The number of nitrogens with zero attached hydrogens (tertiary/aromatic N) is 3. The number of benzene rings is 1. The summed E-state index contributed by atoms with van der Waals surface area (Å²) in [5.41, 5.74) is 6.63. The maximum absolute atomic E-state index is 12.8. The highest BCUT2D eigenvalue weighted by atomic mass is 16.5. The smallest absolute Gasteiger partial charge is 0.254 e. The largest absolute Gasteiger partial charge is 0.289 e. The lowest BCUT2D eigenvalue weighted by Crippen LogP contribution is -2.44. The maximum Gasteiger partial charge on any atom is 0.254 e. The van der Waals surface area contributed by atoms with E-state index in [1.807, 2.05) is 49.7 Å². The summed E-state index contributed by atoms with van der Waals surface area (Å²) in [5, 5.41) is 9.45. The van der Waals surface area contributed by atoms with Gasteiger partial charge in [0, 0.05) is 36.3 Å². The molecule has 2 aromatic heterocycles. The standard InChI is InChI=1S/C21H20N4O2/c1-13-5-3-7-17(14(13)2)21(20(26)25-27)9-16-12-23-19(24-18(16)10-21)15-6-4-8-22-11-15/h3-8,11-12,27H,9-10H2,1-2H3,(H,25,26)/t21-/m0/s1. The number of carbonyl (C=O) groups excluding carboxylic acids is 1. The first-order chi connectivity index (χ1) is 13.0. The number of aryl methyl sites for hydroxylation is 1. The summed E-state index contributed by atoms with van der Waals surface area (Å²) in [6.07, 6.45) is 6.06. The molecule has 0 unspecified atom stereocenters. The van der Waals surface area contributed by atoms with Crippen LogP contribution < -0.4 is 5.48 Å². The van der Waals surface area contributed by atoms with Crippen LogP contribution in [0.5, 0.6) is 0 Å². The van der Waals surface area contributed by atoms with Gasteiger partial charge in [-0.05, 0) is 54.7 Å². The highest BCUT2D eigenvalue weighted by molar-refractivity contribution is 5.89. The Bertz CT molecular complexity index is 1020. The van der Waals surface area contributed by atoms with Gasteiger partial charge in [0.15, 0.2) is 5.82 Å². The highest BCUT2D eigenvalue weighted by Crippen LogP contribution is 2.41. The lowest BCUT2D eigenvalue weighted by atomic mass is 9.74. The number of fused-ring (bicyclic) bond motifs is 1. The predicted octanol–water partition coefficient (Wildman–Crippen LogP) is 2.70. The van der Waals surface area contributed by atoms with Crippen LogP contribution >= 0.6 is 0 Å². The van der Waals surface area contributed by atoms with E-state index in [0.717, 1.165) is 33.5 Å². The number of pyridine rings is 1. The minimum atomic E-state index is -0.893. The topological polar surface area (TPSA) is 88.0 Å². The molecule has 0 spiro atoms. The van der Waals surface area contributed by atoms with Gasteiger partial charge in [-0.3, -0.25) is 15.0 Å². The number of nitrogens with one attached hydrogen (secondary N) is 1. The normalized spacial score (nSPS) is 18.2. The summed E-state index contributed by atoms with van der Waals surface area (Å²) >= 11 is 0. The summed E-state index contributed by atoms with van der Waals surface area (Å²) in [6.45, 7) is 4.03. The van der Waals surface area contributed by atoms with Gasteiger partial charge in [0.05, 0.1) is 5.41 Å². The van der Waals surface area contributed by atoms with E-state index >= 15 is 0 Å². The fourth-order valence-corrected chi connectivity index (χ4v) is 3.90. The number of carbonyl (C=O) groups is 1. The molecule has 0 bridgehead atoms. The minimum absolute atomic E-state index is 0.412. The Morgan fingerprint density at radius 1 is 1.15 bits per heavy atom. The van der Waals surface area contributed by atoms with Gasteiger partial charge in [-0.15, -0.1) is 0 Å². The summed E-state index contributed by atoms with van der Waals surface area (Å²) in [5.74, 6) is 0.167. The molecule has 4 rings (SSSR count). The van der Waals surface area contributed by atoms with Crippen LogP contribution in [0.25, 0.3) is 11.4 Å². The zero-order valence-corrected chi connectivity index (χ0v) is 15.2. The fraction of sp³-hybridized carbons (Fsp3) is 0.238. The van der Waals surface area contributed by atoms with Gasteiger partial charge in [-0.1, -0.05) is 18.2 Å². The van der Waals surface area contributed by atoms with E-state index in [2.05, 4.69) is 9.97 Å². The number of rotatable bonds is 3. The van der Waals surface area contributed by atoms with Gasteiger partial charge in [0.2, 0.25) is 0 Å². The number of amides is 1. The molecular formula is C21H20N4O2. The molecule has 1 amide bonds. The van der Waals surface area contributed by atoms with Crippen LogP contribution in [0.4, 0.5) is 0 Å². The van der Waals surface area contributed by atoms with Gasteiger partial charge >= 0.3 is 0 Å². The van der Waals surface area contributed by atoms with Crippen LogP contribution in [0.3, 0.4) is 0 Å². The predicted molar refractivity (Wildman–Crippen MR) is 100 cm³/mol. The quantitative estimate of drug-likeness (QED) is 0.554. The Kier molecular flexibility index (Phi) is 4.20. The van der Waals surface area contributed by atoms with E-state index in [9.17, 15) is 10.0 Å². The SMILES string of the molecule is Cc1cccc([C@]2(C(=O)NO)Cc3cnc(-c4cccnc4)nc3C2)c1C. The third-order valence-corrected chi connectivity index (χ3v) is 5.49. The Morgan fingerprint density at radius 2 is 2.00 bits per heavy atom. The van der Waals surface area contributed by atoms with Crippen LogP contribution in [-0.2, 0) is 23.1 Å². The molecule has 0 saturated carbocycles. The Balaban J connectivity index is 1.81. The number of aromatic nitrogens is 3. The van der Waals surface area contributed by atoms with Crippen molar-refractivity contribution in [3.8, 4) is 11.4 Å². The van der Waals surface area contributed by atoms with E-state index in [-0.39, 0.29) is 0 Å². The summed E-state index contributed by atoms with van der Waals surface area (Å²) < 4.78 is 0. The first-order valence-corrected chi connectivity index (χ1v) is 8.81. The number of hydroxylamine groups is 1. The van der Waals surface area contributed by atoms with Crippen LogP contribution in [-0.4, -0.2) is 26.1 Å². The van der Waals surface area contributed by atoms with Crippen molar-refractivity contribution in [3.63, 3.8) is 0 Å². The second kappa shape index (κ2) is 6.55. The first kappa shape index (κ1) is 17.3. The monoisotopic (exact) mass is 360 g/mol. The molecule has 0 saturated heterocycles. The van der Waals surface area contributed by atoms with Crippen molar-refractivity contribution in [2.24, 2.45) is 0 Å². The average Bonchev–Trinajstić information content (AvgIpc) is 3.09. The molecule has 6 nitrogen and oxygen atoms in total. The molecule has 0 aliphatic heterocycles. The highest BCUT2D eigenvalue weighted by Gasteiger charge is 2.47. The Hall–Kier alpha value is -3.12. The molecule has 1 atom stereocenters. The van der Waals surface area contributed by atoms with Crippen molar-refractivity contribution in [3.05, 3.63) is 76.9 Å². The molecule has 6 heteroatoms. The van der Waals surface area contributed by atoms with Crippen LogP contribution in [0.15, 0.2) is 48.9 Å². The van der Waals surface area contributed by atoms with Gasteiger partial charge in [0.25, 0.3) is 5.91 Å². The molecule has 3 aromatic rings. The van der Waals surface area contributed by atoms with E-state index in [1.165, 1.54) is 0 Å². The molecule has 1 aromatic carbocycles. The molecule has 1 aliphatic rings. The second-order valence-electron chi connectivity index (χ2n) is 7.03. The molecule has 27 heavy (non-hydrogen) atoms. The van der Waals surface area contributed by atoms with Crippen molar-refractivity contribution in [1.82, 2.24) is 20.4 Å². The molecule has 1 aliphatic carbocycles. The van der Waals surface area contributed by atoms with Crippen molar-refractivity contribution in [2.75, 3.05) is 0 Å². The number of hydrogen-bond donors (Lipinski definition) is 2. The average molecular weight is 360 g/mol. The molecule has 0 radical (unpaired) electrons. The third kappa shape index (κ3) is 2.78. The molecule has 2 heterocycles. The van der Waals surface area contributed by atoms with Gasteiger partial charge in [-0.2, -0.15) is 0 Å². The van der Waals surface area contributed by atoms with Gasteiger partial charge in [0.1, 0.15) is 0 Å². The summed E-state index contributed by atoms with van der Waals surface area (Å²) in [6, 6.07) is 9.66. The zero-order chi connectivity index (χ0) is 19.0. The van der Waals surface area contributed by atoms with Crippen molar-refractivity contribution >= 4 is 5.91 Å². The van der Waals surface area contributed by atoms with E-state index in [0.29, 0.717) is 18.7 Å². The van der Waals surface area contributed by atoms with Crippen LogP contribution in [0.2, 0.25) is 0 Å². The van der Waals surface area contributed by atoms with Crippen LogP contribution in [0, 0.1) is 13.8 Å².